The first-order valence-corrected chi connectivity index (χ1v) is 13.6. The molecule has 6 rings (SSSR count). The van der Waals surface area contributed by atoms with Gasteiger partial charge in [0.2, 0.25) is 0 Å². The van der Waals surface area contributed by atoms with Crippen LogP contribution in [0, 0.1) is 0 Å². The lowest BCUT2D eigenvalue weighted by Crippen LogP contribution is -2.45. The second kappa shape index (κ2) is 11.6. The maximum atomic E-state index is 13.3. The van der Waals surface area contributed by atoms with Crippen molar-refractivity contribution in [3.05, 3.63) is 78.0 Å². The third kappa shape index (κ3) is 5.74. The molecule has 2 aromatic carbocycles. The fourth-order valence-electron chi connectivity index (χ4n) is 4.98. The summed E-state index contributed by atoms with van der Waals surface area (Å²) in [6.07, 6.45) is 5.14. The van der Waals surface area contributed by atoms with E-state index in [9.17, 15) is 4.79 Å². The SMILES string of the molecule is C=N/N=C\C(=C(/C)NC(=O)c1cc2ccc(-c3nccc(Nc4ccc5[nH]ncc5c4)n3)cc2[nH]1)N1CCN(C)CC1. The first kappa shape index (κ1) is 26.8. The van der Waals surface area contributed by atoms with Gasteiger partial charge in [-0.15, -0.1) is 0 Å². The molecule has 12 nitrogen and oxygen atoms in total. The number of fused-ring (bicyclic) bond motifs is 2. The number of hydrogen-bond donors (Lipinski definition) is 4. The second-order valence-corrected chi connectivity index (χ2v) is 10.2. The molecule has 42 heavy (non-hydrogen) atoms. The lowest BCUT2D eigenvalue weighted by Gasteiger charge is -2.35. The number of hydrogen-bond acceptors (Lipinski definition) is 9. The zero-order valence-electron chi connectivity index (χ0n) is 23.4. The van der Waals surface area contributed by atoms with Crippen LogP contribution in [0.4, 0.5) is 11.5 Å². The number of benzene rings is 2. The average molecular weight is 562 g/mol. The van der Waals surface area contributed by atoms with Gasteiger partial charge in [0.15, 0.2) is 5.82 Å². The highest BCUT2D eigenvalue weighted by atomic mass is 16.1. The van der Waals surface area contributed by atoms with Gasteiger partial charge in [0.25, 0.3) is 5.91 Å². The van der Waals surface area contributed by atoms with Crippen LogP contribution < -0.4 is 10.6 Å². The summed E-state index contributed by atoms with van der Waals surface area (Å²) in [5.74, 6) is 0.995. The summed E-state index contributed by atoms with van der Waals surface area (Å²) in [6.45, 7) is 8.81. The number of amides is 1. The molecule has 0 saturated carbocycles. The van der Waals surface area contributed by atoms with Crippen LogP contribution in [-0.2, 0) is 0 Å². The van der Waals surface area contributed by atoms with E-state index in [-0.39, 0.29) is 5.91 Å². The van der Waals surface area contributed by atoms with Crippen LogP contribution in [0.15, 0.2) is 82.5 Å². The van der Waals surface area contributed by atoms with Crippen molar-refractivity contribution in [1.82, 2.24) is 40.3 Å². The molecular weight excluding hydrogens is 530 g/mol. The third-order valence-electron chi connectivity index (χ3n) is 7.28. The van der Waals surface area contributed by atoms with Crippen molar-refractivity contribution >= 4 is 52.2 Å². The number of aromatic nitrogens is 5. The van der Waals surface area contributed by atoms with Crippen molar-refractivity contribution in [2.45, 2.75) is 6.92 Å². The standard InChI is InChI=1S/C30H31N11O/c1-19(27(18-33-31-2)41-12-10-40(3)11-13-41)35-30(42)26-15-20-4-5-21(16-25(20)37-26)29-32-9-8-28(38-29)36-23-6-7-24-22(14-23)17-34-39-24/h4-9,14-18,37H,2,10-13H2,1,3H3,(H,34,39)(H,35,42)(H,32,36,38)/b27-19-,33-18-. The van der Waals surface area contributed by atoms with Crippen molar-refractivity contribution in [3.63, 3.8) is 0 Å². The van der Waals surface area contributed by atoms with E-state index in [0.29, 0.717) is 23.0 Å². The summed E-state index contributed by atoms with van der Waals surface area (Å²) in [6, 6.07) is 15.4. The molecule has 0 bridgehead atoms. The van der Waals surface area contributed by atoms with Gasteiger partial charge in [-0.3, -0.25) is 9.89 Å². The number of anilines is 2. The van der Waals surface area contributed by atoms with E-state index < -0.39 is 0 Å². The normalized spacial score (nSPS) is 14.9. The van der Waals surface area contributed by atoms with Gasteiger partial charge >= 0.3 is 0 Å². The summed E-state index contributed by atoms with van der Waals surface area (Å²) in [4.78, 5) is 30.2. The zero-order valence-corrected chi connectivity index (χ0v) is 23.4. The van der Waals surface area contributed by atoms with E-state index in [1.807, 2.05) is 55.5 Å². The van der Waals surface area contributed by atoms with Gasteiger partial charge in [-0.25, -0.2) is 9.97 Å². The van der Waals surface area contributed by atoms with Gasteiger partial charge in [-0.05, 0) is 50.4 Å². The van der Waals surface area contributed by atoms with E-state index in [1.165, 1.54) is 0 Å². The number of nitrogens with one attached hydrogen (secondary N) is 4. The molecule has 1 aliphatic heterocycles. The largest absolute Gasteiger partial charge is 0.366 e. The van der Waals surface area contributed by atoms with Gasteiger partial charge in [0.1, 0.15) is 11.5 Å². The Kier molecular flexibility index (Phi) is 7.43. The van der Waals surface area contributed by atoms with Crippen LogP contribution in [0.5, 0.6) is 0 Å². The number of allylic oxidation sites excluding steroid dienone is 2. The number of nitrogens with zero attached hydrogens (tertiary/aromatic N) is 7. The number of rotatable bonds is 8. The first-order valence-electron chi connectivity index (χ1n) is 13.6. The Bertz CT molecular complexity index is 1830. The molecule has 1 amide bonds. The Morgan fingerprint density at radius 3 is 2.74 bits per heavy atom. The first-order chi connectivity index (χ1) is 20.5. The van der Waals surface area contributed by atoms with Crippen LogP contribution >= 0.6 is 0 Å². The maximum absolute atomic E-state index is 13.3. The van der Waals surface area contributed by atoms with Crippen LogP contribution in [-0.4, -0.2) is 87.0 Å². The van der Waals surface area contributed by atoms with Crippen LogP contribution in [0.2, 0.25) is 0 Å². The number of piperazine rings is 1. The quantitative estimate of drug-likeness (QED) is 0.165. The van der Waals surface area contributed by atoms with E-state index in [0.717, 1.165) is 64.9 Å². The predicted molar refractivity (Wildman–Crippen MR) is 166 cm³/mol. The molecule has 5 aromatic rings. The maximum Gasteiger partial charge on any atom is 0.271 e. The van der Waals surface area contributed by atoms with E-state index in [1.54, 1.807) is 18.6 Å². The second-order valence-electron chi connectivity index (χ2n) is 10.2. The number of H-pyrrole nitrogens is 2. The van der Waals surface area contributed by atoms with Crippen LogP contribution in [0.25, 0.3) is 33.2 Å². The fraction of sp³-hybridized carbons (Fsp3) is 0.200. The molecule has 1 saturated heterocycles. The topological polar surface area (TPSA) is 143 Å². The summed E-state index contributed by atoms with van der Waals surface area (Å²) < 4.78 is 0. The van der Waals surface area contributed by atoms with Crippen molar-refractivity contribution < 1.29 is 4.79 Å². The minimum absolute atomic E-state index is 0.242. The molecule has 1 aliphatic rings. The highest BCUT2D eigenvalue weighted by Gasteiger charge is 2.19. The molecule has 4 heterocycles. The summed E-state index contributed by atoms with van der Waals surface area (Å²) >= 11 is 0. The number of aromatic amines is 2. The summed E-state index contributed by atoms with van der Waals surface area (Å²) in [7, 11) is 2.10. The average Bonchev–Trinajstić information content (AvgIpc) is 3.65. The minimum atomic E-state index is -0.242. The van der Waals surface area contributed by atoms with E-state index in [2.05, 4.69) is 64.6 Å². The monoisotopic (exact) mass is 561 g/mol. The van der Waals surface area contributed by atoms with Crippen LogP contribution in [0.1, 0.15) is 17.4 Å². The molecule has 0 radical (unpaired) electrons. The molecule has 212 valence electrons. The number of likely N-dealkylation sites (N-methyl/N-ethyl adjacent to an activating group) is 1. The number of carbonyl (C=O) groups excluding carboxylic acids is 1. The number of carbonyl (C=O) groups is 1. The molecule has 1 fully saturated rings. The molecule has 0 aliphatic carbocycles. The lowest BCUT2D eigenvalue weighted by atomic mass is 10.1. The lowest BCUT2D eigenvalue weighted by molar-refractivity contribution is 0.0960. The van der Waals surface area contributed by atoms with Crippen molar-refractivity contribution in [3.8, 4) is 11.4 Å². The minimum Gasteiger partial charge on any atom is -0.366 e. The third-order valence-corrected chi connectivity index (χ3v) is 7.28. The molecule has 0 atom stereocenters. The highest BCUT2D eigenvalue weighted by molar-refractivity contribution is 6.00. The van der Waals surface area contributed by atoms with Crippen LogP contribution in [0.3, 0.4) is 0 Å². The van der Waals surface area contributed by atoms with Gasteiger partial charge in [-0.1, -0.05) is 12.1 Å². The molecular formula is C30H31N11O. The molecule has 0 unspecified atom stereocenters. The summed E-state index contributed by atoms with van der Waals surface area (Å²) in [5, 5.41) is 22.9. The Morgan fingerprint density at radius 2 is 1.90 bits per heavy atom. The Labute approximate surface area is 242 Å². The van der Waals surface area contributed by atoms with E-state index in [4.69, 9.17) is 4.98 Å². The zero-order chi connectivity index (χ0) is 29.1. The van der Waals surface area contributed by atoms with E-state index >= 15 is 0 Å². The van der Waals surface area contributed by atoms with Gasteiger partial charge in [0, 0.05) is 72.3 Å². The summed E-state index contributed by atoms with van der Waals surface area (Å²) in [5.41, 5.74) is 5.46. The molecule has 3 aromatic heterocycles. The Hall–Kier alpha value is -5.36. The van der Waals surface area contributed by atoms with Crippen molar-refractivity contribution in [2.24, 2.45) is 10.2 Å². The van der Waals surface area contributed by atoms with Crippen molar-refractivity contribution in [1.29, 1.82) is 0 Å². The van der Waals surface area contributed by atoms with Gasteiger partial charge in [0.05, 0.1) is 23.6 Å². The molecule has 12 heteroatoms. The van der Waals surface area contributed by atoms with Gasteiger partial charge in [-0.2, -0.15) is 15.3 Å². The smallest absolute Gasteiger partial charge is 0.271 e. The predicted octanol–water partition coefficient (Wildman–Crippen LogP) is 4.14. The Balaban J connectivity index is 1.21. The van der Waals surface area contributed by atoms with Crippen molar-refractivity contribution in [2.75, 3.05) is 38.5 Å². The Morgan fingerprint density at radius 1 is 1.05 bits per heavy atom. The molecule has 4 N–H and O–H groups in total. The molecule has 0 spiro atoms. The van der Waals surface area contributed by atoms with Gasteiger partial charge < -0.3 is 25.4 Å². The highest BCUT2D eigenvalue weighted by Crippen LogP contribution is 2.25. The fourth-order valence-corrected chi connectivity index (χ4v) is 4.98.